The van der Waals surface area contributed by atoms with Crippen molar-refractivity contribution >= 4 is 5.91 Å². The van der Waals surface area contributed by atoms with Gasteiger partial charge < -0.3 is 14.5 Å². The lowest BCUT2D eigenvalue weighted by Crippen LogP contribution is -2.60. The lowest BCUT2D eigenvalue weighted by molar-refractivity contribution is -0.128. The van der Waals surface area contributed by atoms with E-state index in [0.29, 0.717) is 18.3 Å². The third-order valence-corrected chi connectivity index (χ3v) is 5.34. The molecule has 0 unspecified atom stereocenters. The molecule has 23 heavy (non-hydrogen) atoms. The molecule has 1 N–H and O–H groups in total. The van der Waals surface area contributed by atoms with E-state index in [4.69, 9.17) is 9.15 Å². The van der Waals surface area contributed by atoms with Crippen LogP contribution in [0.3, 0.4) is 0 Å². The van der Waals surface area contributed by atoms with Crippen LogP contribution in [0.5, 0.6) is 0 Å². The maximum Gasteiger partial charge on any atom is 0.220 e. The molecule has 3 heterocycles. The molecule has 0 bridgehead atoms. The standard InChI is InChI=1S/C18H26N2O3/c21-17(8-13-3-4-13)19-16-11-20(9-14-5-7-22-12-14)10-15-2-1-6-23-18(15)16/h5,7,12-13,15-16,18H,1-4,6,8-11H2,(H,19,21)/t15-,16+,18-/m0/s1. The van der Waals surface area contributed by atoms with Crippen molar-refractivity contribution in [2.24, 2.45) is 11.8 Å². The Kier molecular flexibility index (Phi) is 4.40. The van der Waals surface area contributed by atoms with Crippen LogP contribution in [0.15, 0.2) is 23.0 Å². The highest BCUT2D eigenvalue weighted by molar-refractivity contribution is 5.77. The molecule has 1 amide bonds. The van der Waals surface area contributed by atoms with Crippen LogP contribution >= 0.6 is 0 Å². The topological polar surface area (TPSA) is 54.7 Å². The van der Waals surface area contributed by atoms with Crippen molar-refractivity contribution in [3.05, 3.63) is 24.2 Å². The van der Waals surface area contributed by atoms with Crippen molar-refractivity contribution < 1.29 is 13.9 Å². The van der Waals surface area contributed by atoms with Crippen molar-refractivity contribution in [3.63, 3.8) is 0 Å². The highest BCUT2D eigenvalue weighted by atomic mass is 16.5. The van der Waals surface area contributed by atoms with Gasteiger partial charge in [0.2, 0.25) is 5.91 Å². The molecule has 3 aliphatic rings. The Morgan fingerprint density at radius 3 is 3.00 bits per heavy atom. The predicted octanol–water partition coefficient (Wildman–Crippen LogP) is 2.18. The quantitative estimate of drug-likeness (QED) is 0.904. The van der Waals surface area contributed by atoms with Crippen molar-refractivity contribution in [3.8, 4) is 0 Å². The summed E-state index contributed by atoms with van der Waals surface area (Å²) in [5.41, 5.74) is 1.20. The van der Waals surface area contributed by atoms with E-state index in [2.05, 4.69) is 10.2 Å². The number of likely N-dealkylation sites (tertiary alicyclic amines) is 1. The zero-order valence-corrected chi connectivity index (χ0v) is 13.6. The third kappa shape index (κ3) is 3.78. The minimum Gasteiger partial charge on any atom is -0.472 e. The summed E-state index contributed by atoms with van der Waals surface area (Å²) in [5, 5.41) is 3.27. The van der Waals surface area contributed by atoms with Crippen LogP contribution in [-0.2, 0) is 16.1 Å². The van der Waals surface area contributed by atoms with Gasteiger partial charge in [-0.1, -0.05) is 0 Å². The van der Waals surface area contributed by atoms with Gasteiger partial charge in [0, 0.05) is 38.2 Å². The van der Waals surface area contributed by atoms with Crippen LogP contribution in [0, 0.1) is 11.8 Å². The number of nitrogens with zero attached hydrogens (tertiary/aromatic N) is 1. The van der Waals surface area contributed by atoms with Gasteiger partial charge >= 0.3 is 0 Å². The smallest absolute Gasteiger partial charge is 0.220 e. The number of ether oxygens (including phenoxy) is 1. The Morgan fingerprint density at radius 1 is 1.30 bits per heavy atom. The minimum atomic E-state index is 0.118. The number of piperidine rings is 1. The van der Waals surface area contributed by atoms with E-state index in [0.717, 1.165) is 32.7 Å². The van der Waals surface area contributed by atoms with Crippen molar-refractivity contribution in [2.45, 2.75) is 50.8 Å². The van der Waals surface area contributed by atoms with Crippen LogP contribution in [0.4, 0.5) is 0 Å². The van der Waals surface area contributed by atoms with E-state index in [1.54, 1.807) is 6.26 Å². The van der Waals surface area contributed by atoms with Crippen LogP contribution in [-0.4, -0.2) is 42.6 Å². The second-order valence-electron chi connectivity index (χ2n) is 7.38. The zero-order chi connectivity index (χ0) is 15.6. The molecule has 2 saturated heterocycles. The maximum atomic E-state index is 12.3. The van der Waals surface area contributed by atoms with Gasteiger partial charge in [0.05, 0.1) is 24.7 Å². The molecule has 2 aliphatic heterocycles. The summed E-state index contributed by atoms with van der Waals surface area (Å²) >= 11 is 0. The fraction of sp³-hybridized carbons (Fsp3) is 0.722. The Hall–Kier alpha value is -1.33. The molecule has 5 nitrogen and oxygen atoms in total. The molecule has 3 fully saturated rings. The van der Waals surface area contributed by atoms with Crippen LogP contribution in [0.1, 0.15) is 37.7 Å². The van der Waals surface area contributed by atoms with Crippen molar-refractivity contribution in [1.29, 1.82) is 0 Å². The molecule has 0 radical (unpaired) electrons. The molecule has 1 aromatic heterocycles. The maximum absolute atomic E-state index is 12.3. The summed E-state index contributed by atoms with van der Waals surface area (Å²) in [7, 11) is 0. The van der Waals surface area contributed by atoms with Gasteiger partial charge in [0.1, 0.15) is 0 Å². The summed E-state index contributed by atoms with van der Waals surface area (Å²) in [4.78, 5) is 14.7. The monoisotopic (exact) mass is 318 g/mol. The van der Waals surface area contributed by atoms with E-state index in [1.165, 1.54) is 24.8 Å². The number of carbonyl (C=O) groups is 1. The van der Waals surface area contributed by atoms with Gasteiger partial charge in [-0.2, -0.15) is 0 Å². The Bertz CT molecular complexity index is 526. The SMILES string of the molecule is O=C(CC1CC1)N[C@@H]1CN(Cc2ccoc2)C[C@@H]2CCCO[C@@H]21. The third-order valence-electron chi connectivity index (χ3n) is 5.34. The van der Waals surface area contributed by atoms with Gasteiger partial charge in [-0.3, -0.25) is 9.69 Å². The number of rotatable bonds is 5. The molecule has 1 aliphatic carbocycles. The largest absolute Gasteiger partial charge is 0.472 e. The summed E-state index contributed by atoms with van der Waals surface area (Å²) < 4.78 is 11.2. The lowest BCUT2D eigenvalue weighted by atomic mass is 9.85. The second kappa shape index (κ2) is 6.65. The Morgan fingerprint density at radius 2 is 2.22 bits per heavy atom. The molecule has 0 aromatic carbocycles. The van der Waals surface area contributed by atoms with Crippen molar-refractivity contribution in [1.82, 2.24) is 10.2 Å². The first-order valence-corrected chi connectivity index (χ1v) is 8.92. The summed E-state index contributed by atoms with van der Waals surface area (Å²) in [5.74, 6) is 1.36. The number of furan rings is 1. The number of carbonyl (C=O) groups excluding carboxylic acids is 1. The molecule has 0 spiro atoms. The molecule has 1 saturated carbocycles. The summed E-state index contributed by atoms with van der Waals surface area (Å²) in [6.07, 6.45) is 9.17. The molecule has 5 heteroatoms. The van der Waals surface area contributed by atoms with Crippen LogP contribution in [0.25, 0.3) is 0 Å². The van der Waals surface area contributed by atoms with E-state index < -0.39 is 0 Å². The number of hydrogen-bond acceptors (Lipinski definition) is 4. The van der Waals surface area contributed by atoms with Gasteiger partial charge in [-0.05, 0) is 43.6 Å². The lowest BCUT2D eigenvalue weighted by Gasteiger charge is -2.46. The summed E-state index contributed by atoms with van der Waals surface area (Å²) in [6, 6.07) is 2.14. The number of hydrogen-bond donors (Lipinski definition) is 1. The van der Waals surface area contributed by atoms with Gasteiger partial charge in [0.15, 0.2) is 0 Å². The van der Waals surface area contributed by atoms with Crippen molar-refractivity contribution in [2.75, 3.05) is 19.7 Å². The first-order valence-electron chi connectivity index (χ1n) is 8.92. The normalized spacial score (nSPS) is 31.6. The second-order valence-corrected chi connectivity index (χ2v) is 7.38. The van der Waals surface area contributed by atoms with E-state index in [1.807, 2.05) is 12.3 Å². The Labute approximate surface area is 137 Å². The average molecular weight is 318 g/mol. The van der Waals surface area contributed by atoms with Gasteiger partial charge in [-0.25, -0.2) is 0 Å². The molecular formula is C18H26N2O3. The molecular weight excluding hydrogens is 292 g/mol. The summed E-state index contributed by atoms with van der Waals surface area (Å²) in [6.45, 7) is 3.63. The number of fused-ring (bicyclic) bond motifs is 1. The van der Waals surface area contributed by atoms with Gasteiger partial charge in [-0.15, -0.1) is 0 Å². The highest BCUT2D eigenvalue weighted by Gasteiger charge is 2.40. The fourth-order valence-corrected chi connectivity index (χ4v) is 4.04. The molecule has 126 valence electrons. The highest BCUT2D eigenvalue weighted by Crippen LogP contribution is 2.33. The first-order chi connectivity index (χ1) is 11.3. The van der Waals surface area contributed by atoms with Crippen LogP contribution in [0.2, 0.25) is 0 Å². The fourth-order valence-electron chi connectivity index (χ4n) is 4.04. The molecule has 1 aromatic rings. The first kappa shape index (κ1) is 15.2. The number of nitrogens with one attached hydrogen (secondary N) is 1. The molecule has 3 atom stereocenters. The minimum absolute atomic E-state index is 0.118. The number of amides is 1. The van der Waals surface area contributed by atoms with E-state index in [-0.39, 0.29) is 18.1 Å². The van der Waals surface area contributed by atoms with Crippen LogP contribution < -0.4 is 5.32 Å². The zero-order valence-electron chi connectivity index (χ0n) is 13.6. The van der Waals surface area contributed by atoms with E-state index >= 15 is 0 Å². The van der Waals surface area contributed by atoms with E-state index in [9.17, 15) is 4.79 Å². The predicted molar refractivity (Wildman–Crippen MR) is 85.7 cm³/mol. The Balaban J connectivity index is 1.41. The average Bonchev–Trinajstić information content (AvgIpc) is 3.20. The molecule has 4 rings (SSSR count). The van der Waals surface area contributed by atoms with Gasteiger partial charge in [0.25, 0.3) is 0 Å².